The van der Waals surface area contributed by atoms with E-state index in [-0.39, 0.29) is 18.1 Å². The molecule has 1 aromatic heterocycles. The number of carboxylic acids is 1. The third-order valence-corrected chi connectivity index (χ3v) is 1.17. The Balaban J connectivity index is 0.00000121. The summed E-state index contributed by atoms with van der Waals surface area (Å²) in [4.78, 5) is 14.0. The number of rotatable bonds is 2. The normalized spacial score (nSPS) is 8.42. The van der Waals surface area contributed by atoms with Gasteiger partial charge in [-0.2, -0.15) is 0 Å². The zero-order chi connectivity index (χ0) is 8.27. The number of carboxylic acid groups (broad SMARTS) is 1. The molecule has 0 aliphatic rings. The Labute approximate surface area is 75.0 Å². The first-order valence-corrected chi connectivity index (χ1v) is 2.90. The van der Waals surface area contributed by atoms with E-state index in [9.17, 15) is 4.79 Å². The highest BCUT2D eigenvalue weighted by Crippen LogP contribution is 2.08. The van der Waals surface area contributed by atoms with Gasteiger partial charge in [0.15, 0.2) is 5.69 Å². The highest BCUT2D eigenvalue weighted by Gasteiger charge is 2.08. The zero-order valence-corrected chi connectivity index (χ0v) is 6.84. The summed E-state index contributed by atoms with van der Waals surface area (Å²) in [6.45, 7) is 0. The Morgan fingerprint density at radius 2 is 2.33 bits per heavy atom. The van der Waals surface area contributed by atoms with Gasteiger partial charge in [0.1, 0.15) is 0 Å². The quantitative estimate of drug-likeness (QED) is 0.466. The topological polar surface area (TPSA) is 88.2 Å². The van der Waals surface area contributed by atoms with Crippen LogP contribution < -0.4 is 11.3 Å². The van der Waals surface area contributed by atoms with Crippen LogP contribution in [-0.2, 0) is 0 Å². The first-order valence-electron chi connectivity index (χ1n) is 2.90. The van der Waals surface area contributed by atoms with Crippen LogP contribution in [0.1, 0.15) is 10.5 Å². The van der Waals surface area contributed by atoms with Gasteiger partial charge in [0.05, 0.1) is 5.69 Å². The smallest absolute Gasteiger partial charge is 0.356 e. The van der Waals surface area contributed by atoms with Gasteiger partial charge >= 0.3 is 5.97 Å². The number of carbonyl (C=O) groups is 1. The second-order valence-electron chi connectivity index (χ2n) is 1.85. The minimum absolute atomic E-state index is 0. The highest BCUT2D eigenvalue weighted by molar-refractivity contribution is 5.91. The number of nitrogens with one attached hydrogen (secondary N) is 1. The summed E-state index contributed by atoms with van der Waals surface area (Å²) in [5.41, 5.74) is 2.47. The maximum Gasteiger partial charge on any atom is 0.356 e. The molecule has 0 aliphatic heterocycles. The summed E-state index contributed by atoms with van der Waals surface area (Å²) < 4.78 is 0. The molecule has 1 aromatic rings. The largest absolute Gasteiger partial charge is 0.476 e. The van der Waals surface area contributed by atoms with Crippen LogP contribution in [-0.4, -0.2) is 16.1 Å². The van der Waals surface area contributed by atoms with Gasteiger partial charge in [0.2, 0.25) is 0 Å². The minimum atomic E-state index is -1.10. The molecule has 66 valence electrons. The van der Waals surface area contributed by atoms with E-state index in [1.807, 2.05) is 0 Å². The fourth-order valence-corrected chi connectivity index (χ4v) is 0.692. The molecular weight excluding hydrogens is 182 g/mol. The molecule has 1 heterocycles. The Bertz CT molecular complexity index is 279. The van der Waals surface area contributed by atoms with Gasteiger partial charge < -0.3 is 10.5 Å². The number of aromatic nitrogens is 1. The molecule has 12 heavy (non-hydrogen) atoms. The van der Waals surface area contributed by atoms with E-state index >= 15 is 0 Å². The number of hydrogen-bond acceptors (Lipinski definition) is 4. The molecule has 0 unspecified atom stereocenters. The van der Waals surface area contributed by atoms with Crippen molar-refractivity contribution >= 4 is 24.1 Å². The summed E-state index contributed by atoms with van der Waals surface area (Å²) >= 11 is 0. The first-order chi connectivity index (χ1) is 5.25. The summed E-state index contributed by atoms with van der Waals surface area (Å²) in [6, 6.07) is 3.14. The number of nitrogen functional groups attached to an aromatic ring is 1. The van der Waals surface area contributed by atoms with Crippen molar-refractivity contribution in [1.82, 2.24) is 4.98 Å². The Kier molecular flexibility index (Phi) is 4.03. The lowest BCUT2D eigenvalue weighted by Gasteiger charge is -2.01. The molecule has 4 N–H and O–H groups in total. The molecular formula is C6H8ClN3O2. The van der Waals surface area contributed by atoms with Crippen molar-refractivity contribution in [2.75, 3.05) is 5.43 Å². The number of anilines is 1. The van der Waals surface area contributed by atoms with Gasteiger partial charge in [-0.25, -0.2) is 9.78 Å². The van der Waals surface area contributed by atoms with E-state index in [4.69, 9.17) is 10.9 Å². The lowest BCUT2D eigenvalue weighted by atomic mass is 10.3. The second-order valence-corrected chi connectivity index (χ2v) is 1.85. The fraction of sp³-hybridized carbons (Fsp3) is 0. The van der Waals surface area contributed by atoms with Crippen molar-refractivity contribution in [2.45, 2.75) is 0 Å². The summed E-state index contributed by atoms with van der Waals surface area (Å²) in [5, 5.41) is 8.54. The van der Waals surface area contributed by atoms with Crippen molar-refractivity contribution in [3.63, 3.8) is 0 Å². The van der Waals surface area contributed by atoms with Gasteiger partial charge in [0, 0.05) is 6.20 Å². The van der Waals surface area contributed by atoms with Crippen LogP contribution in [0.2, 0.25) is 0 Å². The van der Waals surface area contributed by atoms with Gasteiger partial charge in [-0.1, -0.05) is 0 Å². The Morgan fingerprint density at radius 3 is 2.75 bits per heavy atom. The van der Waals surface area contributed by atoms with Crippen LogP contribution >= 0.6 is 12.4 Å². The fourth-order valence-electron chi connectivity index (χ4n) is 0.692. The van der Waals surface area contributed by atoms with E-state index in [1.165, 1.54) is 12.3 Å². The molecule has 0 fully saturated rings. The number of aromatic carboxylic acids is 1. The van der Waals surface area contributed by atoms with Crippen LogP contribution in [0, 0.1) is 0 Å². The SMILES string of the molecule is Cl.NNc1cccnc1C(=O)O. The zero-order valence-electron chi connectivity index (χ0n) is 6.02. The predicted octanol–water partition coefficient (Wildman–Crippen LogP) is 0.487. The second kappa shape index (κ2) is 4.53. The number of pyridine rings is 1. The molecule has 1 rings (SSSR count). The number of hydrogen-bond donors (Lipinski definition) is 3. The van der Waals surface area contributed by atoms with Gasteiger partial charge in [-0.05, 0) is 12.1 Å². The lowest BCUT2D eigenvalue weighted by Crippen LogP contribution is -2.12. The summed E-state index contributed by atoms with van der Waals surface area (Å²) in [5.74, 6) is 3.94. The van der Waals surface area contributed by atoms with E-state index in [0.717, 1.165) is 0 Å². The number of nitrogens with two attached hydrogens (primary N) is 1. The van der Waals surface area contributed by atoms with Gasteiger partial charge in [-0.3, -0.25) is 5.84 Å². The molecule has 0 amide bonds. The number of nitrogens with zero attached hydrogens (tertiary/aromatic N) is 1. The van der Waals surface area contributed by atoms with E-state index in [2.05, 4.69) is 10.4 Å². The Morgan fingerprint density at radius 1 is 1.67 bits per heavy atom. The van der Waals surface area contributed by atoms with Crippen LogP contribution in [0.25, 0.3) is 0 Å². The number of halogens is 1. The van der Waals surface area contributed by atoms with Gasteiger partial charge in [-0.15, -0.1) is 12.4 Å². The molecule has 0 spiro atoms. The third-order valence-electron chi connectivity index (χ3n) is 1.17. The van der Waals surface area contributed by atoms with Crippen molar-refractivity contribution in [3.8, 4) is 0 Å². The molecule has 0 atom stereocenters. The average Bonchev–Trinajstić information content (AvgIpc) is 2.04. The molecule has 0 aromatic carbocycles. The highest BCUT2D eigenvalue weighted by atomic mass is 35.5. The summed E-state index contributed by atoms with van der Waals surface area (Å²) in [6.07, 6.45) is 1.39. The van der Waals surface area contributed by atoms with Crippen LogP contribution in [0.15, 0.2) is 18.3 Å². The third kappa shape index (κ3) is 2.08. The lowest BCUT2D eigenvalue weighted by molar-refractivity contribution is 0.0691. The van der Waals surface area contributed by atoms with Crippen molar-refractivity contribution < 1.29 is 9.90 Å². The van der Waals surface area contributed by atoms with Crippen LogP contribution in [0.5, 0.6) is 0 Å². The van der Waals surface area contributed by atoms with Crippen molar-refractivity contribution in [1.29, 1.82) is 0 Å². The molecule has 0 radical (unpaired) electrons. The molecule has 0 saturated heterocycles. The molecule has 0 bridgehead atoms. The van der Waals surface area contributed by atoms with E-state index in [1.54, 1.807) is 6.07 Å². The molecule has 0 aliphatic carbocycles. The first kappa shape index (κ1) is 10.7. The van der Waals surface area contributed by atoms with E-state index in [0.29, 0.717) is 5.69 Å². The Hall–Kier alpha value is -1.33. The van der Waals surface area contributed by atoms with Crippen molar-refractivity contribution in [3.05, 3.63) is 24.0 Å². The molecule has 5 nitrogen and oxygen atoms in total. The standard InChI is InChI=1S/C6H7N3O2.ClH/c7-9-4-2-1-3-8-5(4)6(10)11;/h1-3,9H,7H2,(H,10,11);1H. The maximum absolute atomic E-state index is 10.4. The van der Waals surface area contributed by atoms with E-state index < -0.39 is 5.97 Å². The monoisotopic (exact) mass is 189 g/mol. The predicted molar refractivity (Wildman–Crippen MR) is 46.3 cm³/mol. The van der Waals surface area contributed by atoms with Gasteiger partial charge in [0.25, 0.3) is 0 Å². The van der Waals surface area contributed by atoms with Crippen LogP contribution in [0.3, 0.4) is 0 Å². The average molecular weight is 190 g/mol. The molecule has 6 heteroatoms. The molecule has 0 saturated carbocycles. The number of hydrazine groups is 1. The minimum Gasteiger partial charge on any atom is -0.476 e. The maximum atomic E-state index is 10.4. The van der Waals surface area contributed by atoms with Crippen LogP contribution in [0.4, 0.5) is 5.69 Å². The summed E-state index contributed by atoms with van der Waals surface area (Å²) in [7, 11) is 0. The van der Waals surface area contributed by atoms with Crippen molar-refractivity contribution in [2.24, 2.45) is 5.84 Å².